The van der Waals surface area contributed by atoms with Crippen LogP contribution in [0.3, 0.4) is 0 Å². The molecule has 0 aromatic heterocycles. The number of ether oxygens (including phenoxy) is 1. The van der Waals surface area contributed by atoms with Crippen molar-refractivity contribution in [3.05, 3.63) is 29.8 Å². The van der Waals surface area contributed by atoms with E-state index in [4.69, 9.17) is 4.74 Å². The van der Waals surface area contributed by atoms with Gasteiger partial charge in [0.25, 0.3) is 0 Å². The molecule has 116 valence electrons. The van der Waals surface area contributed by atoms with Gasteiger partial charge in [-0.05, 0) is 71.0 Å². The Morgan fingerprint density at radius 1 is 1.00 bits per heavy atom. The van der Waals surface area contributed by atoms with Crippen molar-refractivity contribution < 1.29 is 4.74 Å². The van der Waals surface area contributed by atoms with E-state index in [1.54, 1.807) is 0 Å². The molecule has 0 saturated heterocycles. The molecule has 21 heavy (non-hydrogen) atoms. The Bertz CT molecular complexity index is 453. The summed E-state index contributed by atoms with van der Waals surface area (Å²) in [5.41, 5.74) is 0.887. The van der Waals surface area contributed by atoms with Crippen LogP contribution in [0.5, 0.6) is 5.75 Å². The highest BCUT2D eigenvalue weighted by Crippen LogP contribution is 2.18. The molecule has 0 unspecified atom stereocenters. The zero-order valence-corrected chi connectivity index (χ0v) is 14.2. The van der Waals surface area contributed by atoms with E-state index >= 15 is 0 Å². The van der Waals surface area contributed by atoms with Gasteiger partial charge >= 0.3 is 0 Å². The molecule has 2 heteroatoms. The van der Waals surface area contributed by atoms with Crippen LogP contribution in [-0.4, -0.2) is 30.1 Å². The number of benzene rings is 1. The third-order valence-corrected chi connectivity index (χ3v) is 2.89. The van der Waals surface area contributed by atoms with Gasteiger partial charge in [-0.15, -0.1) is 0 Å². The average Bonchev–Trinajstić information content (AvgIpc) is 2.39. The number of rotatable bonds is 6. The summed E-state index contributed by atoms with van der Waals surface area (Å²) in [4.78, 5) is 2.41. The van der Waals surface area contributed by atoms with Gasteiger partial charge in [0.15, 0.2) is 0 Å². The summed E-state index contributed by atoms with van der Waals surface area (Å²) in [5, 5.41) is 0. The summed E-state index contributed by atoms with van der Waals surface area (Å²) in [6.45, 7) is 13.7. The summed E-state index contributed by atoms with van der Waals surface area (Å²) in [5.74, 6) is 7.40. The lowest BCUT2D eigenvalue weighted by Crippen LogP contribution is -2.25. The lowest BCUT2D eigenvalue weighted by atomic mass is 10.1. The van der Waals surface area contributed by atoms with Crippen molar-refractivity contribution in [2.24, 2.45) is 0 Å². The monoisotopic (exact) mass is 287 g/mol. The Hall–Kier alpha value is -1.46. The van der Waals surface area contributed by atoms with E-state index in [1.807, 2.05) is 24.3 Å². The van der Waals surface area contributed by atoms with Crippen molar-refractivity contribution in [1.29, 1.82) is 0 Å². The van der Waals surface area contributed by atoms with Crippen LogP contribution >= 0.6 is 0 Å². The standard InChI is InChI=1S/C19H29NO/c1-6-14-20(15-7-2)16-8-9-17-10-12-18(13-11-17)21-19(3,4)5/h10-13H,6-7,14-16H2,1-5H3. The van der Waals surface area contributed by atoms with Crippen molar-refractivity contribution in [3.63, 3.8) is 0 Å². The van der Waals surface area contributed by atoms with Gasteiger partial charge in [0, 0.05) is 5.56 Å². The predicted octanol–water partition coefficient (Wildman–Crippen LogP) is 4.34. The van der Waals surface area contributed by atoms with Gasteiger partial charge in [-0.2, -0.15) is 0 Å². The summed E-state index contributed by atoms with van der Waals surface area (Å²) < 4.78 is 5.81. The van der Waals surface area contributed by atoms with Crippen LogP contribution in [0, 0.1) is 11.8 Å². The van der Waals surface area contributed by atoms with Crippen LogP contribution in [0.4, 0.5) is 0 Å². The lowest BCUT2D eigenvalue weighted by Gasteiger charge is -2.21. The largest absolute Gasteiger partial charge is 0.488 e. The first-order valence-corrected chi connectivity index (χ1v) is 7.95. The molecule has 0 aliphatic heterocycles. The second-order valence-corrected chi connectivity index (χ2v) is 6.32. The summed E-state index contributed by atoms with van der Waals surface area (Å²) >= 11 is 0. The van der Waals surface area contributed by atoms with Crippen LogP contribution < -0.4 is 4.74 Å². The van der Waals surface area contributed by atoms with Crippen LogP contribution in [0.1, 0.15) is 53.0 Å². The highest BCUT2D eigenvalue weighted by atomic mass is 16.5. The van der Waals surface area contributed by atoms with Crippen molar-refractivity contribution >= 4 is 0 Å². The van der Waals surface area contributed by atoms with Crippen molar-refractivity contribution in [2.45, 2.75) is 53.1 Å². The minimum Gasteiger partial charge on any atom is -0.488 e. The molecule has 0 aliphatic carbocycles. The molecule has 0 aliphatic rings. The van der Waals surface area contributed by atoms with Gasteiger partial charge in [0.05, 0.1) is 6.54 Å². The Morgan fingerprint density at radius 3 is 2.05 bits per heavy atom. The molecule has 0 atom stereocenters. The third-order valence-electron chi connectivity index (χ3n) is 2.89. The summed E-state index contributed by atoms with van der Waals surface area (Å²) in [6, 6.07) is 8.03. The minimum atomic E-state index is -0.159. The number of hydrogen-bond donors (Lipinski definition) is 0. The molecule has 0 fully saturated rings. The average molecular weight is 287 g/mol. The van der Waals surface area contributed by atoms with Crippen molar-refractivity contribution in [3.8, 4) is 17.6 Å². The summed E-state index contributed by atoms with van der Waals surface area (Å²) in [6.07, 6.45) is 2.36. The first-order chi connectivity index (χ1) is 9.94. The Labute approximate surface area is 130 Å². The fraction of sp³-hybridized carbons (Fsp3) is 0.579. The smallest absolute Gasteiger partial charge is 0.120 e. The molecule has 2 nitrogen and oxygen atoms in total. The molecule has 1 rings (SSSR count). The maximum Gasteiger partial charge on any atom is 0.120 e. The molecule has 0 spiro atoms. The molecule has 0 saturated carbocycles. The van der Waals surface area contributed by atoms with E-state index in [2.05, 4.69) is 51.4 Å². The van der Waals surface area contributed by atoms with E-state index in [0.717, 1.165) is 30.9 Å². The molecule has 0 radical (unpaired) electrons. The number of hydrogen-bond acceptors (Lipinski definition) is 2. The van der Waals surface area contributed by atoms with E-state index in [-0.39, 0.29) is 5.60 Å². The van der Waals surface area contributed by atoms with E-state index in [0.29, 0.717) is 0 Å². The third kappa shape index (κ3) is 7.78. The molecule has 0 N–H and O–H groups in total. The second-order valence-electron chi connectivity index (χ2n) is 6.32. The maximum absolute atomic E-state index is 5.81. The molecule has 0 bridgehead atoms. The van der Waals surface area contributed by atoms with Crippen molar-refractivity contribution in [2.75, 3.05) is 19.6 Å². The first-order valence-electron chi connectivity index (χ1n) is 7.95. The second kappa shape index (κ2) is 8.74. The fourth-order valence-corrected chi connectivity index (χ4v) is 2.12. The van der Waals surface area contributed by atoms with Gasteiger partial charge in [-0.1, -0.05) is 25.7 Å². The van der Waals surface area contributed by atoms with Crippen molar-refractivity contribution in [1.82, 2.24) is 4.90 Å². The molecule has 0 heterocycles. The molecule has 1 aromatic rings. The predicted molar refractivity (Wildman–Crippen MR) is 90.7 cm³/mol. The molecular formula is C19H29NO. The van der Waals surface area contributed by atoms with Gasteiger partial charge in [-0.25, -0.2) is 0 Å². The quantitative estimate of drug-likeness (QED) is 0.722. The normalized spacial score (nSPS) is 11.1. The van der Waals surface area contributed by atoms with Crippen LogP contribution in [-0.2, 0) is 0 Å². The lowest BCUT2D eigenvalue weighted by molar-refractivity contribution is 0.131. The maximum atomic E-state index is 5.81. The molecular weight excluding hydrogens is 258 g/mol. The van der Waals surface area contributed by atoms with E-state index < -0.39 is 0 Å². The van der Waals surface area contributed by atoms with Crippen LogP contribution in [0.25, 0.3) is 0 Å². The molecule has 1 aromatic carbocycles. The van der Waals surface area contributed by atoms with Gasteiger partial charge in [-0.3, -0.25) is 4.90 Å². The Balaban J connectivity index is 2.57. The Morgan fingerprint density at radius 2 is 1.57 bits per heavy atom. The topological polar surface area (TPSA) is 12.5 Å². The highest BCUT2D eigenvalue weighted by Gasteiger charge is 2.10. The van der Waals surface area contributed by atoms with Gasteiger partial charge < -0.3 is 4.74 Å². The van der Waals surface area contributed by atoms with E-state index in [1.165, 1.54) is 12.8 Å². The first kappa shape index (κ1) is 17.6. The zero-order chi connectivity index (χ0) is 15.7. The number of nitrogens with zero attached hydrogens (tertiary/aromatic N) is 1. The fourth-order valence-electron chi connectivity index (χ4n) is 2.12. The van der Waals surface area contributed by atoms with E-state index in [9.17, 15) is 0 Å². The van der Waals surface area contributed by atoms with Gasteiger partial charge in [0.1, 0.15) is 11.4 Å². The molecule has 0 amide bonds. The van der Waals surface area contributed by atoms with Crippen LogP contribution in [0.2, 0.25) is 0 Å². The SMILES string of the molecule is CCCN(CC#Cc1ccc(OC(C)(C)C)cc1)CCC. The summed E-state index contributed by atoms with van der Waals surface area (Å²) in [7, 11) is 0. The zero-order valence-electron chi connectivity index (χ0n) is 14.2. The van der Waals surface area contributed by atoms with Gasteiger partial charge in [0.2, 0.25) is 0 Å². The minimum absolute atomic E-state index is 0.159. The Kier molecular flexibility index (Phi) is 7.32. The van der Waals surface area contributed by atoms with Crippen LogP contribution in [0.15, 0.2) is 24.3 Å². The highest BCUT2D eigenvalue weighted by molar-refractivity contribution is 5.38.